The smallest absolute Gasteiger partial charge is 0.358 e. The van der Waals surface area contributed by atoms with E-state index in [1.165, 1.54) is 22.4 Å². The van der Waals surface area contributed by atoms with E-state index in [4.69, 9.17) is 0 Å². The SMILES string of the molecule is Cn1cc([N+](=O)[O-])nc1C(S)c1ncc([N+](=O)[O-])n1C. The van der Waals surface area contributed by atoms with E-state index >= 15 is 0 Å². The second-order valence-electron chi connectivity index (χ2n) is 4.02. The molecule has 1 atom stereocenters. The average Bonchev–Trinajstić information content (AvgIpc) is 2.92. The van der Waals surface area contributed by atoms with Crippen molar-refractivity contribution < 1.29 is 9.85 Å². The summed E-state index contributed by atoms with van der Waals surface area (Å²) in [4.78, 5) is 28.0. The second kappa shape index (κ2) is 4.92. The van der Waals surface area contributed by atoms with Gasteiger partial charge in [0.1, 0.15) is 12.4 Å². The molecule has 0 saturated carbocycles. The molecule has 0 bridgehead atoms. The Balaban J connectivity index is 2.43. The van der Waals surface area contributed by atoms with Gasteiger partial charge in [-0.15, -0.1) is 0 Å². The van der Waals surface area contributed by atoms with Crippen LogP contribution in [0.3, 0.4) is 0 Å². The topological polar surface area (TPSA) is 122 Å². The number of hydrogen-bond donors (Lipinski definition) is 1. The Hall–Kier alpha value is -2.43. The largest absolute Gasteiger partial charge is 0.381 e. The van der Waals surface area contributed by atoms with Gasteiger partial charge >= 0.3 is 11.6 Å². The Morgan fingerprint density at radius 1 is 1.25 bits per heavy atom. The van der Waals surface area contributed by atoms with Gasteiger partial charge in [-0.3, -0.25) is 0 Å². The van der Waals surface area contributed by atoms with Crippen molar-refractivity contribution in [3.05, 3.63) is 44.3 Å². The summed E-state index contributed by atoms with van der Waals surface area (Å²) in [6, 6.07) is 0. The molecule has 0 radical (unpaired) electrons. The summed E-state index contributed by atoms with van der Waals surface area (Å²) in [7, 11) is 3.05. The van der Waals surface area contributed by atoms with E-state index in [-0.39, 0.29) is 23.3 Å². The number of imidazole rings is 2. The zero-order chi connectivity index (χ0) is 15.0. The summed E-state index contributed by atoms with van der Waals surface area (Å²) in [6.45, 7) is 0. The van der Waals surface area contributed by atoms with E-state index < -0.39 is 15.1 Å². The first-order valence-corrected chi connectivity index (χ1v) is 5.86. The minimum Gasteiger partial charge on any atom is -0.358 e. The lowest BCUT2D eigenvalue weighted by Gasteiger charge is -2.04. The molecular formula is C9H10N6O4S. The Bertz CT molecular complexity index is 691. The molecule has 10 nitrogen and oxygen atoms in total. The number of hydrogen-bond acceptors (Lipinski definition) is 7. The number of aromatic nitrogens is 4. The summed E-state index contributed by atoms with van der Waals surface area (Å²) < 4.78 is 2.70. The molecule has 0 fully saturated rings. The van der Waals surface area contributed by atoms with Gasteiger partial charge in [-0.25, -0.2) is 9.55 Å². The van der Waals surface area contributed by atoms with Crippen LogP contribution in [0.15, 0.2) is 12.4 Å². The molecule has 0 spiro atoms. The van der Waals surface area contributed by atoms with E-state index in [0.29, 0.717) is 0 Å². The van der Waals surface area contributed by atoms with E-state index in [1.807, 2.05) is 0 Å². The van der Waals surface area contributed by atoms with Crippen LogP contribution in [-0.4, -0.2) is 28.9 Å². The molecule has 0 aliphatic rings. The van der Waals surface area contributed by atoms with Crippen molar-refractivity contribution in [2.45, 2.75) is 5.25 Å². The Morgan fingerprint density at radius 3 is 2.35 bits per heavy atom. The predicted molar refractivity (Wildman–Crippen MR) is 70.6 cm³/mol. The van der Waals surface area contributed by atoms with Crippen molar-refractivity contribution in [1.29, 1.82) is 0 Å². The summed E-state index contributed by atoms with van der Waals surface area (Å²) in [5, 5.41) is 20.7. The van der Waals surface area contributed by atoms with Gasteiger partial charge < -0.3 is 24.8 Å². The van der Waals surface area contributed by atoms with Crippen LogP contribution in [-0.2, 0) is 14.1 Å². The molecule has 2 aromatic rings. The molecule has 0 saturated heterocycles. The summed E-state index contributed by atoms with van der Waals surface area (Å²) in [5.74, 6) is 0.0558. The van der Waals surface area contributed by atoms with Crippen molar-refractivity contribution in [1.82, 2.24) is 19.1 Å². The monoisotopic (exact) mass is 298 g/mol. The first-order chi connectivity index (χ1) is 9.32. The van der Waals surface area contributed by atoms with Gasteiger partial charge in [-0.05, 0) is 14.8 Å². The molecule has 2 rings (SSSR count). The highest BCUT2D eigenvalue weighted by Gasteiger charge is 2.31. The van der Waals surface area contributed by atoms with Crippen molar-refractivity contribution in [3.63, 3.8) is 0 Å². The molecule has 20 heavy (non-hydrogen) atoms. The highest BCUT2D eigenvalue weighted by molar-refractivity contribution is 7.80. The molecule has 0 aromatic carbocycles. The molecule has 11 heteroatoms. The number of aryl methyl sites for hydroxylation is 1. The standard InChI is InChI=1S/C9H10N6O4S/c1-12-4-5(14(16)17)11-9(12)7(20)8-10-3-6(13(8)2)15(18)19/h3-4,7,20H,1-2H3. The van der Waals surface area contributed by atoms with Gasteiger partial charge in [0.2, 0.25) is 11.6 Å². The fraction of sp³-hybridized carbons (Fsp3) is 0.333. The maximum absolute atomic E-state index is 10.8. The van der Waals surface area contributed by atoms with Crippen LogP contribution in [0.5, 0.6) is 0 Å². The minimum atomic E-state index is -0.715. The summed E-state index contributed by atoms with van der Waals surface area (Å²) in [5.41, 5.74) is 0. The van der Waals surface area contributed by atoms with Crippen molar-refractivity contribution in [3.8, 4) is 0 Å². The minimum absolute atomic E-state index is 0.192. The summed E-state index contributed by atoms with van der Waals surface area (Å²) >= 11 is 4.30. The zero-order valence-corrected chi connectivity index (χ0v) is 11.4. The molecule has 106 valence electrons. The van der Waals surface area contributed by atoms with E-state index in [1.54, 1.807) is 7.05 Å². The molecule has 0 amide bonds. The number of rotatable bonds is 4. The number of thiol groups is 1. The molecule has 2 aromatic heterocycles. The highest BCUT2D eigenvalue weighted by atomic mass is 32.1. The van der Waals surface area contributed by atoms with Crippen molar-refractivity contribution in [2.24, 2.45) is 14.1 Å². The van der Waals surface area contributed by atoms with Crippen LogP contribution in [0, 0.1) is 20.2 Å². The van der Waals surface area contributed by atoms with Crippen molar-refractivity contribution in [2.75, 3.05) is 0 Å². The Labute approximate surface area is 117 Å². The van der Waals surface area contributed by atoms with Gasteiger partial charge in [0.25, 0.3) is 0 Å². The van der Waals surface area contributed by atoms with Gasteiger partial charge in [-0.2, -0.15) is 12.6 Å². The number of nitrogens with zero attached hydrogens (tertiary/aromatic N) is 6. The van der Waals surface area contributed by atoms with Crippen LogP contribution < -0.4 is 0 Å². The molecular weight excluding hydrogens is 288 g/mol. The lowest BCUT2D eigenvalue weighted by atomic mass is 10.3. The first-order valence-electron chi connectivity index (χ1n) is 5.34. The number of nitro groups is 2. The molecule has 0 N–H and O–H groups in total. The third-order valence-electron chi connectivity index (χ3n) is 2.76. The van der Waals surface area contributed by atoms with Gasteiger partial charge in [0.15, 0.2) is 5.25 Å². The third-order valence-corrected chi connectivity index (χ3v) is 3.22. The van der Waals surface area contributed by atoms with Gasteiger partial charge in [0, 0.05) is 7.05 Å². The lowest BCUT2D eigenvalue weighted by molar-refractivity contribution is -0.391. The van der Waals surface area contributed by atoms with Crippen LogP contribution in [0.1, 0.15) is 16.9 Å². The fourth-order valence-electron chi connectivity index (χ4n) is 1.76. The van der Waals surface area contributed by atoms with Gasteiger partial charge in [-0.1, -0.05) is 0 Å². The quantitative estimate of drug-likeness (QED) is 0.510. The maximum atomic E-state index is 10.8. The molecule has 1 unspecified atom stereocenters. The highest BCUT2D eigenvalue weighted by Crippen LogP contribution is 2.29. The van der Waals surface area contributed by atoms with E-state index in [0.717, 1.165) is 6.20 Å². The Morgan fingerprint density at radius 2 is 1.90 bits per heavy atom. The van der Waals surface area contributed by atoms with Crippen molar-refractivity contribution >= 4 is 24.3 Å². The molecule has 0 aliphatic heterocycles. The zero-order valence-electron chi connectivity index (χ0n) is 10.5. The molecule has 2 heterocycles. The lowest BCUT2D eigenvalue weighted by Crippen LogP contribution is -2.09. The van der Waals surface area contributed by atoms with E-state index in [9.17, 15) is 20.2 Å². The van der Waals surface area contributed by atoms with Crippen LogP contribution in [0.4, 0.5) is 11.6 Å². The Kier molecular flexibility index (Phi) is 3.44. The predicted octanol–water partition coefficient (Wildman–Crippen LogP) is 0.989. The summed E-state index contributed by atoms with van der Waals surface area (Å²) in [6.07, 6.45) is 2.35. The molecule has 0 aliphatic carbocycles. The third kappa shape index (κ3) is 2.22. The maximum Gasteiger partial charge on any atom is 0.381 e. The average molecular weight is 298 g/mol. The van der Waals surface area contributed by atoms with Crippen LogP contribution in [0.2, 0.25) is 0 Å². The normalized spacial score (nSPS) is 12.3. The van der Waals surface area contributed by atoms with Crippen LogP contribution >= 0.6 is 12.6 Å². The van der Waals surface area contributed by atoms with E-state index in [2.05, 4.69) is 22.6 Å². The first kappa shape index (κ1) is 14.0. The second-order valence-corrected chi connectivity index (χ2v) is 4.53. The van der Waals surface area contributed by atoms with Gasteiger partial charge in [0.05, 0.1) is 7.05 Å². The fourth-order valence-corrected chi connectivity index (χ4v) is 2.24. The van der Waals surface area contributed by atoms with Crippen LogP contribution in [0.25, 0.3) is 0 Å².